The van der Waals surface area contributed by atoms with Crippen molar-refractivity contribution in [2.75, 3.05) is 13.6 Å². The first-order chi connectivity index (χ1) is 12.6. The number of nitrogens with two attached hydrogens (primary N) is 1. The summed E-state index contributed by atoms with van der Waals surface area (Å²) >= 11 is 0. The molecule has 2 N–H and O–H groups in total. The van der Waals surface area contributed by atoms with Crippen LogP contribution in [-0.2, 0) is 30.5 Å². The fraction of sp³-hybridized carbons (Fsp3) is 0.550. The SMILES string of the molecule is CN(CCCC(=O)OC(C)(C)C)C(=O)[C@@H](N)CC(=O)OCc1ccccc1. The summed E-state index contributed by atoms with van der Waals surface area (Å²) in [5.74, 6) is -1.20. The van der Waals surface area contributed by atoms with Crippen molar-refractivity contribution in [3.63, 3.8) is 0 Å². The van der Waals surface area contributed by atoms with Crippen LogP contribution in [0.3, 0.4) is 0 Å². The minimum atomic E-state index is -0.972. The topological polar surface area (TPSA) is 98.9 Å². The van der Waals surface area contributed by atoms with E-state index in [1.807, 2.05) is 30.3 Å². The van der Waals surface area contributed by atoms with Crippen molar-refractivity contribution >= 4 is 17.8 Å². The van der Waals surface area contributed by atoms with Gasteiger partial charge in [-0.1, -0.05) is 30.3 Å². The highest BCUT2D eigenvalue weighted by atomic mass is 16.6. The minimum Gasteiger partial charge on any atom is -0.461 e. The Kier molecular flexibility index (Phi) is 8.94. The molecule has 7 nitrogen and oxygen atoms in total. The van der Waals surface area contributed by atoms with E-state index in [2.05, 4.69) is 0 Å². The van der Waals surface area contributed by atoms with E-state index in [4.69, 9.17) is 15.2 Å². The number of amides is 1. The molecule has 1 rings (SSSR count). The molecule has 0 spiro atoms. The third kappa shape index (κ3) is 9.75. The molecule has 150 valence electrons. The van der Waals surface area contributed by atoms with E-state index in [0.29, 0.717) is 13.0 Å². The molecule has 0 saturated carbocycles. The van der Waals surface area contributed by atoms with Crippen LogP contribution < -0.4 is 5.73 Å². The van der Waals surface area contributed by atoms with E-state index < -0.39 is 17.6 Å². The predicted octanol–water partition coefficient (Wildman–Crippen LogP) is 2.03. The van der Waals surface area contributed by atoms with E-state index in [-0.39, 0.29) is 31.3 Å². The van der Waals surface area contributed by atoms with E-state index in [0.717, 1.165) is 5.56 Å². The Labute approximate surface area is 160 Å². The van der Waals surface area contributed by atoms with Crippen molar-refractivity contribution in [3.8, 4) is 0 Å². The molecule has 0 unspecified atom stereocenters. The Balaban J connectivity index is 2.30. The van der Waals surface area contributed by atoms with Gasteiger partial charge < -0.3 is 20.1 Å². The number of hydrogen-bond donors (Lipinski definition) is 1. The lowest BCUT2D eigenvalue weighted by Crippen LogP contribution is -2.43. The number of esters is 2. The lowest BCUT2D eigenvalue weighted by atomic mass is 10.1. The van der Waals surface area contributed by atoms with Crippen molar-refractivity contribution < 1.29 is 23.9 Å². The molecule has 0 aliphatic heterocycles. The second-order valence-electron chi connectivity index (χ2n) is 7.41. The van der Waals surface area contributed by atoms with Crippen LogP contribution in [0.4, 0.5) is 0 Å². The Morgan fingerprint density at radius 3 is 2.33 bits per heavy atom. The van der Waals surface area contributed by atoms with Crippen molar-refractivity contribution in [1.82, 2.24) is 4.90 Å². The third-order valence-electron chi connectivity index (χ3n) is 3.62. The Bertz CT molecular complexity index is 625. The van der Waals surface area contributed by atoms with Gasteiger partial charge in [-0.2, -0.15) is 0 Å². The molecular formula is C20H30N2O5. The number of benzene rings is 1. The fourth-order valence-corrected chi connectivity index (χ4v) is 2.31. The van der Waals surface area contributed by atoms with Crippen LogP contribution >= 0.6 is 0 Å². The Morgan fingerprint density at radius 2 is 1.74 bits per heavy atom. The van der Waals surface area contributed by atoms with Gasteiger partial charge in [0, 0.05) is 20.0 Å². The van der Waals surface area contributed by atoms with Gasteiger partial charge in [-0.05, 0) is 32.8 Å². The number of nitrogens with zero attached hydrogens (tertiary/aromatic N) is 1. The summed E-state index contributed by atoms with van der Waals surface area (Å²) in [4.78, 5) is 37.2. The summed E-state index contributed by atoms with van der Waals surface area (Å²) in [5, 5.41) is 0. The number of likely N-dealkylation sites (N-methyl/N-ethyl adjacent to an activating group) is 1. The maximum Gasteiger partial charge on any atom is 0.308 e. The zero-order valence-electron chi connectivity index (χ0n) is 16.6. The summed E-state index contributed by atoms with van der Waals surface area (Å²) in [6.45, 7) is 5.90. The molecule has 0 aromatic heterocycles. The van der Waals surface area contributed by atoms with Gasteiger partial charge in [-0.25, -0.2) is 0 Å². The first-order valence-electron chi connectivity index (χ1n) is 9.00. The minimum absolute atomic E-state index is 0.145. The average Bonchev–Trinajstić information content (AvgIpc) is 2.58. The zero-order valence-corrected chi connectivity index (χ0v) is 16.6. The van der Waals surface area contributed by atoms with Crippen LogP contribution in [0.2, 0.25) is 0 Å². The predicted molar refractivity (Wildman–Crippen MR) is 102 cm³/mol. The number of ether oxygens (including phenoxy) is 2. The summed E-state index contributed by atoms with van der Waals surface area (Å²) in [7, 11) is 1.59. The third-order valence-corrected chi connectivity index (χ3v) is 3.62. The molecule has 0 aliphatic carbocycles. The molecule has 27 heavy (non-hydrogen) atoms. The highest BCUT2D eigenvalue weighted by Gasteiger charge is 2.22. The maximum atomic E-state index is 12.2. The molecule has 0 saturated heterocycles. The highest BCUT2D eigenvalue weighted by Crippen LogP contribution is 2.09. The van der Waals surface area contributed by atoms with Crippen molar-refractivity contribution in [3.05, 3.63) is 35.9 Å². The van der Waals surface area contributed by atoms with Gasteiger partial charge in [0.25, 0.3) is 0 Å². The molecule has 7 heteroatoms. The normalized spacial score (nSPS) is 12.2. The second kappa shape index (κ2) is 10.7. The number of rotatable bonds is 9. The van der Waals surface area contributed by atoms with Gasteiger partial charge in [0.2, 0.25) is 5.91 Å². The van der Waals surface area contributed by atoms with Gasteiger partial charge in [-0.15, -0.1) is 0 Å². The lowest BCUT2D eigenvalue weighted by Gasteiger charge is -2.22. The Hall–Kier alpha value is -2.41. The number of carbonyl (C=O) groups is 3. The van der Waals surface area contributed by atoms with Gasteiger partial charge >= 0.3 is 11.9 Å². The van der Waals surface area contributed by atoms with Gasteiger partial charge in [-0.3, -0.25) is 14.4 Å². The molecular weight excluding hydrogens is 348 g/mol. The summed E-state index contributed by atoms with van der Waals surface area (Å²) < 4.78 is 10.4. The molecule has 0 heterocycles. The average molecular weight is 378 g/mol. The fourth-order valence-electron chi connectivity index (χ4n) is 2.31. The van der Waals surface area contributed by atoms with Crippen LogP contribution in [0.5, 0.6) is 0 Å². The molecule has 1 atom stereocenters. The number of carbonyl (C=O) groups excluding carboxylic acids is 3. The summed E-state index contributed by atoms with van der Waals surface area (Å²) in [6.07, 6.45) is 0.480. The smallest absolute Gasteiger partial charge is 0.308 e. The first kappa shape index (κ1) is 22.6. The van der Waals surface area contributed by atoms with Gasteiger partial charge in [0.05, 0.1) is 12.5 Å². The molecule has 1 aromatic carbocycles. The second-order valence-corrected chi connectivity index (χ2v) is 7.41. The molecule has 0 fully saturated rings. The highest BCUT2D eigenvalue weighted by molar-refractivity contribution is 5.86. The molecule has 1 aromatic rings. The van der Waals surface area contributed by atoms with Gasteiger partial charge in [0.15, 0.2) is 0 Å². The van der Waals surface area contributed by atoms with Crippen LogP contribution in [0.25, 0.3) is 0 Å². The van der Waals surface area contributed by atoms with E-state index in [1.165, 1.54) is 4.90 Å². The summed E-state index contributed by atoms with van der Waals surface area (Å²) in [5.41, 5.74) is 6.16. The van der Waals surface area contributed by atoms with Crippen LogP contribution in [0.15, 0.2) is 30.3 Å². The molecule has 0 radical (unpaired) electrons. The lowest BCUT2D eigenvalue weighted by molar-refractivity contribution is -0.155. The van der Waals surface area contributed by atoms with Crippen molar-refractivity contribution in [2.24, 2.45) is 5.73 Å². The first-order valence-corrected chi connectivity index (χ1v) is 9.00. The largest absolute Gasteiger partial charge is 0.461 e. The van der Waals surface area contributed by atoms with Crippen LogP contribution in [0.1, 0.15) is 45.6 Å². The van der Waals surface area contributed by atoms with E-state index >= 15 is 0 Å². The van der Waals surface area contributed by atoms with Crippen LogP contribution in [0, 0.1) is 0 Å². The van der Waals surface area contributed by atoms with E-state index in [1.54, 1.807) is 27.8 Å². The standard InChI is InChI=1S/C20H30N2O5/c1-20(2,3)27-17(23)11-8-12-22(4)19(25)16(21)13-18(24)26-14-15-9-6-5-7-10-15/h5-7,9-10,16H,8,11-14,21H2,1-4H3/t16-/m0/s1. The molecule has 1 amide bonds. The number of hydrogen-bond acceptors (Lipinski definition) is 6. The quantitative estimate of drug-likeness (QED) is 0.660. The maximum absolute atomic E-state index is 12.2. The van der Waals surface area contributed by atoms with Crippen LogP contribution in [-0.4, -0.2) is 48.0 Å². The van der Waals surface area contributed by atoms with Gasteiger partial charge in [0.1, 0.15) is 12.2 Å². The van der Waals surface area contributed by atoms with E-state index in [9.17, 15) is 14.4 Å². The molecule has 0 aliphatic rings. The van der Waals surface area contributed by atoms with Crippen molar-refractivity contribution in [2.45, 2.75) is 58.3 Å². The Morgan fingerprint density at radius 1 is 1.11 bits per heavy atom. The monoisotopic (exact) mass is 378 g/mol. The van der Waals surface area contributed by atoms with Crippen molar-refractivity contribution in [1.29, 1.82) is 0 Å². The zero-order chi connectivity index (χ0) is 20.4. The summed E-state index contributed by atoms with van der Waals surface area (Å²) in [6, 6.07) is 8.29. The molecule has 0 bridgehead atoms.